The van der Waals surface area contributed by atoms with Gasteiger partial charge in [-0.2, -0.15) is 4.31 Å². The van der Waals surface area contributed by atoms with Crippen LogP contribution in [-0.2, 0) is 23.0 Å². The standard InChI is InChI=1S/C22H26N4O3S2/c1-4-18-24-15(3)19-14(2)20(30-22(19)25-18)21(27)23-13-16-7-9-17(10-8-16)31(28,29)26-11-5-6-12-26/h7-10H,4-6,11-13H2,1-3H3,(H,23,27). The number of aryl methyl sites for hydroxylation is 3. The lowest BCUT2D eigenvalue weighted by Gasteiger charge is -2.15. The molecule has 0 spiro atoms. The molecule has 3 heterocycles. The summed E-state index contributed by atoms with van der Waals surface area (Å²) >= 11 is 1.38. The van der Waals surface area contributed by atoms with Crippen LogP contribution in [0, 0.1) is 13.8 Å². The molecule has 9 heteroatoms. The summed E-state index contributed by atoms with van der Waals surface area (Å²) in [6.45, 7) is 7.37. The predicted molar refractivity (Wildman–Crippen MR) is 122 cm³/mol. The minimum Gasteiger partial charge on any atom is -0.347 e. The molecule has 0 aliphatic carbocycles. The van der Waals surface area contributed by atoms with E-state index in [-0.39, 0.29) is 5.91 Å². The number of hydrogen-bond donors (Lipinski definition) is 1. The molecule has 2 aromatic heterocycles. The summed E-state index contributed by atoms with van der Waals surface area (Å²) in [7, 11) is -3.43. The summed E-state index contributed by atoms with van der Waals surface area (Å²) < 4.78 is 26.8. The van der Waals surface area contributed by atoms with Gasteiger partial charge in [-0.15, -0.1) is 11.3 Å². The van der Waals surface area contributed by atoms with Crippen LogP contribution in [0.3, 0.4) is 0 Å². The number of nitrogens with one attached hydrogen (secondary N) is 1. The summed E-state index contributed by atoms with van der Waals surface area (Å²) in [6, 6.07) is 6.74. The van der Waals surface area contributed by atoms with E-state index in [9.17, 15) is 13.2 Å². The predicted octanol–water partition coefficient (Wildman–Crippen LogP) is 3.59. The van der Waals surface area contributed by atoms with E-state index in [1.807, 2.05) is 20.8 Å². The minimum atomic E-state index is -3.43. The number of carbonyl (C=O) groups excluding carboxylic acids is 1. The van der Waals surface area contributed by atoms with E-state index in [1.54, 1.807) is 24.3 Å². The van der Waals surface area contributed by atoms with E-state index >= 15 is 0 Å². The van der Waals surface area contributed by atoms with Crippen molar-refractivity contribution in [3.63, 3.8) is 0 Å². The van der Waals surface area contributed by atoms with Crippen molar-refractivity contribution in [3.8, 4) is 0 Å². The summed E-state index contributed by atoms with van der Waals surface area (Å²) in [5, 5.41) is 3.89. The highest BCUT2D eigenvalue weighted by atomic mass is 32.2. The van der Waals surface area contributed by atoms with Crippen molar-refractivity contribution in [1.29, 1.82) is 0 Å². The van der Waals surface area contributed by atoms with Crippen molar-refractivity contribution >= 4 is 37.5 Å². The number of rotatable bonds is 6. The first kappa shape index (κ1) is 21.9. The molecule has 0 saturated carbocycles. The molecule has 1 aromatic carbocycles. The summed E-state index contributed by atoms with van der Waals surface area (Å²) in [6.07, 6.45) is 2.56. The van der Waals surface area contributed by atoms with Gasteiger partial charge in [-0.1, -0.05) is 19.1 Å². The van der Waals surface area contributed by atoms with Crippen molar-refractivity contribution in [2.45, 2.75) is 51.5 Å². The van der Waals surface area contributed by atoms with E-state index in [0.29, 0.717) is 29.4 Å². The first-order chi connectivity index (χ1) is 14.8. The molecular weight excluding hydrogens is 432 g/mol. The van der Waals surface area contributed by atoms with Crippen LogP contribution in [0.1, 0.15) is 52.1 Å². The van der Waals surface area contributed by atoms with Crippen molar-refractivity contribution in [2.75, 3.05) is 13.1 Å². The maximum Gasteiger partial charge on any atom is 0.261 e. The van der Waals surface area contributed by atoms with E-state index in [2.05, 4.69) is 15.3 Å². The third-order valence-corrected chi connectivity index (χ3v) is 8.72. The van der Waals surface area contributed by atoms with Crippen LogP contribution in [0.5, 0.6) is 0 Å². The number of thiophene rings is 1. The van der Waals surface area contributed by atoms with Gasteiger partial charge in [0.05, 0.1) is 9.77 Å². The van der Waals surface area contributed by atoms with E-state index in [0.717, 1.165) is 52.1 Å². The summed E-state index contributed by atoms with van der Waals surface area (Å²) in [5.41, 5.74) is 2.63. The highest BCUT2D eigenvalue weighted by molar-refractivity contribution is 7.89. The third kappa shape index (κ3) is 4.22. The summed E-state index contributed by atoms with van der Waals surface area (Å²) in [4.78, 5) is 23.7. The quantitative estimate of drug-likeness (QED) is 0.609. The van der Waals surface area contributed by atoms with E-state index in [1.165, 1.54) is 15.6 Å². The molecule has 31 heavy (non-hydrogen) atoms. The largest absolute Gasteiger partial charge is 0.347 e. The zero-order chi connectivity index (χ0) is 22.2. The first-order valence-electron chi connectivity index (χ1n) is 10.4. The molecule has 0 unspecified atom stereocenters. The lowest BCUT2D eigenvalue weighted by atomic mass is 10.1. The fourth-order valence-electron chi connectivity index (χ4n) is 3.89. The topological polar surface area (TPSA) is 92.3 Å². The first-order valence-corrected chi connectivity index (χ1v) is 12.7. The van der Waals surface area contributed by atoms with Crippen LogP contribution in [0.25, 0.3) is 10.2 Å². The Morgan fingerprint density at radius 2 is 1.81 bits per heavy atom. The third-order valence-electron chi connectivity index (χ3n) is 5.62. The van der Waals surface area contributed by atoms with Gasteiger partial charge in [0.15, 0.2) is 0 Å². The number of sulfonamides is 1. The van der Waals surface area contributed by atoms with Gasteiger partial charge in [-0.3, -0.25) is 4.79 Å². The lowest BCUT2D eigenvalue weighted by Crippen LogP contribution is -2.27. The molecule has 1 aliphatic rings. The van der Waals surface area contributed by atoms with E-state index < -0.39 is 10.0 Å². The molecule has 1 aliphatic heterocycles. The highest BCUT2D eigenvalue weighted by Gasteiger charge is 2.27. The lowest BCUT2D eigenvalue weighted by molar-refractivity contribution is 0.0954. The van der Waals surface area contributed by atoms with Crippen molar-refractivity contribution in [3.05, 3.63) is 51.8 Å². The molecule has 1 amide bonds. The van der Waals surface area contributed by atoms with Crippen LogP contribution in [0.4, 0.5) is 0 Å². The molecule has 1 fully saturated rings. The number of amides is 1. The fraction of sp³-hybridized carbons (Fsp3) is 0.409. The van der Waals surface area contributed by atoms with Crippen LogP contribution in [0.2, 0.25) is 0 Å². The van der Waals surface area contributed by atoms with Crippen LogP contribution >= 0.6 is 11.3 Å². The van der Waals surface area contributed by atoms with Gasteiger partial charge in [0.1, 0.15) is 10.7 Å². The van der Waals surface area contributed by atoms with E-state index in [4.69, 9.17) is 0 Å². The number of fused-ring (bicyclic) bond motifs is 1. The molecule has 1 saturated heterocycles. The number of benzene rings is 1. The zero-order valence-corrected chi connectivity index (χ0v) is 19.6. The van der Waals surface area contributed by atoms with Crippen molar-refractivity contribution < 1.29 is 13.2 Å². The molecular formula is C22H26N4O3S2. The number of nitrogens with zero attached hydrogens (tertiary/aromatic N) is 3. The van der Waals surface area contributed by atoms with Gasteiger partial charge in [0.25, 0.3) is 5.91 Å². The Hall–Kier alpha value is -2.36. The molecule has 3 aromatic rings. The van der Waals surface area contributed by atoms with Crippen molar-refractivity contribution in [2.24, 2.45) is 0 Å². The fourth-order valence-corrected chi connectivity index (χ4v) is 6.57. The molecule has 7 nitrogen and oxygen atoms in total. The van der Waals surface area contributed by atoms with Gasteiger partial charge in [0, 0.05) is 37.1 Å². The Bertz CT molecular complexity index is 1230. The molecule has 4 rings (SSSR count). The number of hydrogen-bond acceptors (Lipinski definition) is 6. The second kappa shape index (κ2) is 8.64. The number of carbonyl (C=O) groups is 1. The average Bonchev–Trinajstić information content (AvgIpc) is 3.41. The molecule has 0 bridgehead atoms. The Labute approximate surface area is 186 Å². The van der Waals surface area contributed by atoms with Crippen LogP contribution < -0.4 is 5.32 Å². The Balaban J connectivity index is 1.48. The molecule has 0 atom stereocenters. The maximum atomic E-state index is 12.8. The van der Waals surface area contributed by atoms with Gasteiger partial charge < -0.3 is 5.32 Å². The van der Waals surface area contributed by atoms with Gasteiger partial charge in [-0.25, -0.2) is 18.4 Å². The maximum absolute atomic E-state index is 12.8. The minimum absolute atomic E-state index is 0.160. The highest BCUT2D eigenvalue weighted by Crippen LogP contribution is 2.31. The SMILES string of the molecule is CCc1nc(C)c2c(C)c(C(=O)NCc3ccc(S(=O)(=O)N4CCCC4)cc3)sc2n1. The monoisotopic (exact) mass is 458 g/mol. The van der Waals surface area contributed by atoms with Crippen LogP contribution in [-0.4, -0.2) is 41.7 Å². The number of aromatic nitrogens is 2. The smallest absolute Gasteiger partial charge is 0.261 e. The second-order valence-corrected chi connectivity index (χ2v) is 10.7. The van der Waals surface area contributed by atoms with Gasteiger partial charge >= 0.3 is 0 Å². The normalized spacial score (nSPS) is 14.9. The second-order valence-electron chi connectivity index (χ2n) is 7.75. The van der Waals surface area contributed by atoms with Gasteiger partial charge in [-0.05, 0) is 49.9 Å². The molecule has 164 valence electrons. The summed E-state index contributed by atoms with van der Waals surface area (Å²) in [5.74, 6) is 0.619. The average molecular weight is 459 g/mol. The zero-order valence-electron chi connectivity index (χ0n) is 17.9. The Kier molecular flexibility index (Phi) is 6.09. The molecule has 0 radical (unpaired) electrons. The van der Waals surface area contributed by atoms with Gasteiger partial charge in [0.2, 0.25) is 10.0 Å². The Morgan fingerprint density at radius 1 is 1.13 bits per heavy atom. The molecule has 1 N–H and O–H groups in total. The Morgan fingerprint density at radius 3 is 2.45 bits per heavy atom. The van der Waals surface area contributed by atoms with Crippen LogP contribution in [0.15, 0.2) is 29.2 Å². The van der Waals surface area contributed by atoms with Crippen molar-refractivity contribution in [1.82, 2.24) is 19.6 Å².